The molecule has 0 saturated carbocycles. The van der Waals surface area contributed by atoms with Gasteiger partial charge in [-0.05, 0) is 36.8 Å². The Balaban J connectivity index is -0.0000000550. The van der Waals surface area contributed by atoms with Crippen LogP contribution in [0.25, 0.3) is 0 Å². The van der Waals surface area contributed by atoms with E-state index in [1.165, 1.54) is 5.56 Å². The van der Waals surface area contributed by atoms with Crippen LogP contribution in [0.15, 0.2) is 55.1 Å². The number of nitrogens with zero attached hydrogens (tertiary/aromatic N) is 2. The predicted octanol–water partition coefficient (Wildman–Crippen LogP) is -4.40. The van der Waals surface area contributed by atoms with Gasteiger partial charge >= 0.3 is 244 Å². The maximum absolute atomic E-state index is 10.4. The average Bonchev–Trinajstić information content (AvgIpc) is 2.88. The second kappa shape index (κ2) is 50.5. The normalized spacial score (nSPS) is 11.2. The van der Waals surface area contributed by atoms with Gasteiger partial charge in [-0.3, -0.25) is 68.7 Å². The van der Waals surface area contributed by atoms with E-state index in [2.05, 4.69) is 9.97 Å². The number of pyridine rings is 2. The summed E-state index contributed by atoms with van der Waals surface area (Å²) in [4.78, 5) is 91.2. The number of aryl methyl sites for hydroxylation is 1. The molecule has 2 aromatic rings. The van der Waals surface area contributed by atoms with Crippen molar-refractivity contribution in [1.82, 2.24) is 9.97 Å². The Kier molecular flexibility index (Phi) is 71.4. The maximum Gasteiger partial charge on any atom is 0.0267 e. The number of hydrogen-bond donors (Lipinski definition) is 24. The summed E-state index contributed by atoms with van der Waals surface area (Å²) >= 11 is -35.1. The van der Waals surface area contributed by atoms with E-state index in [4.69, 9.17) is 145 Å². The van der Waals surface area contributed by atoms with E-state index >= 15 is 0 Å². The van der Waals surface area contributed by atoms with Crippen molar-refractivity contribution in [2.75, 3.05) is 0 Å². The van der Waals surface area contributed by atoms with Crippen molar-refractivity contribution in [3.05, 3.63) is 60.7 Å². The van der Waals surface area contributed by atoms with Gasteiger partial charge in [0.2, 0.25) is 0 Å². The van der Waals surface area contributed by atoms with Gasteiger partial charge in [0.05, 0.1) is 0 Å². The molecule has 0 bridgehead atoms. The van der Waals surface area contributed by atoms with E-state index in [1.807, 2.05) is 37.3 Å². The van der Waals surface area contributed by atoms with Crippen LogP contribution in [0, 0.1) is 6.92 Å². The molecule has 0 aromatic carbocycles. The van der Waals surface area contributed by atoms with Gasteiger partial charge in [-0.2, -0.15) is 0 Å². The van der Waals surface area contributed by atoms with Crippen LogP contribution < -0.4 is 0 Å². The molecule has 0 radical (unpaired) electrons. The molecule has 0 unspecified atom stereocenters. The van der Waals surface area contributed by atoms with E-state index in [0.717, 1.165) is 0 Å². The largest absolute Gasteiger partial charge is 0.265 e. The van der Waals surface area contributed by atoms with Crippen LogP contribution in [-0.2, 0) is 45.5 Å². The average molecular weight is 1920 g/mol. The monoisotopic (exact) mass is 1910 g/mol. The topological polar surface area (TPSA) is 716 Å². The molecule has 0 aliphatic rings. The molecule has 62 heteroatoms. The van der Waals surface area contributed by atoms with Crippen LogP contribution in [0.4, 0.5) is 42.1 Å². The molecule has 38 nitrogen and oxygen atoms in total. The minimum absolute atomic E-state index is 1.26. The Morgan fingerprint density at radius 1 is 0.315 bits per heavy atom. The van der Waals surface area contributed by atoms with Crippen LogP contribution in [0.5, 0.6) is 0 Å². The molecular formula is C11H36F12N2O36P6Sb6. The van der Waals surface area contributed by atoms with Crippen molar-refractivity contribution in [1.29, 1.82) is 0 Å². The van der Waals surface area contributed by atoms with Crippen LogP contribution >= 0.6 is 47.4 Å². The number of rotatable bonds is 0. The summed E-state index contributed by atoms with van der Waals surface area (Å²) in [6.45, 7) is 2.04. The molecule has 2 heterocycles. The van der Waals surface area contributed by atoms with Gasteiger partial charge in [-0.25, -0.2) is 27.4 Å². The first-order valence-electron chi connectivity index (χ1n) is 13.1. The summed E-state index contributed by atoms with van der Waals surface area (Å²) in [7, 11) is -30.8. The standard InChI is InChI=1S/C6H7N.C5H5N.6FH2O3P.6FH.12H2O.6O.6Sb/c1-6-2-4-7-5-3-6;1-2-4-6-5-3-1;6*1-5(2,3)4;;;;;;;;;;;;;;;;;;;;;;;;;;;;;;/h2-5H,1H3;1-5H;6*(H2,2,3,4);6*1H;12*1H2;;;;;;;;;;;;/q;;;;;;;;;;;;;;;;;;;;;;;;;;;;;;;;6*+3/p-18. The summed E-state index contributed by atoms with van der Waals surface area (Å²) in [6.07, 6.45) is 7.07. The summed E-state index contributed by atoms with van der Waals surface area (Å²) in [5.74, 6) is 0. The third kappa shape index (κ3) is 1550. The number of halogens is 12. The van der Waals surface area contributed by atoms with Crippen molar-refractivity contribution < 1.29 is 187 Å². The Bertz CT molecular complexity index is 1640. The molecule has 450 valence electrons. The van der Waals surface area contributed by atoms with Crippen LogP contribution in [0.1, 0.15) is 5.56 Å². The van der Waals surface area contributed by atoms with Crippen LogP contribution in [0.3, 0.4) is 0 Å². The van der Waals surface area contributed by atoms with E-state index in [-0.39, 0.29) is 0 Å². The second-order valence-electron chi connectivity index (χ2n) is 8.22. The summed E-state index contributed by atoms with van der Waals surface area (Å²) < 4.78 is 314. The first-order valence-corrected chi connectivity index (χ1v) is 47.9. The Morgan fingerprint density at radius 3 is 0.452 bits per heavy atom. The molecule has 0 aliphatic heterocycles. The molecule has 0 fully saturated rings. The van der Waals surface area contributed by atoms with Crippen molar-refractivity contribution in [2.24, 2.45) is 0 Å². The van der Waals surface area contributed by atoms with Gasteiger partial charge < -0.3 is 0 Å². The van der Waals surface area contributed by atoms with E-state index in [0.29, 0.717) is 0 Å². The predicted molar refractivity (Wildman–Crippen MR) is 204 cm³/mol. The van der Waals surface area contributed by atoms with Gasteiger partial charge in [0.15, 0.2) is 0 Å². The second-order valence-corrected chi connectivity index (χ2v) is 30.1. The van der Waals surface area contributed by atoms with Crippen LogP contribution in [-0.4, -0.2) is 231 Å². The summed E-state index contributed by atoms with van der Waals surface area (Å²) in [5, 5.41) is 0. The van der Waals surface area contributed by atoms with Gasteiger partial charge in [0, 0.05) is 24.8 Å². The van der Waals surface area contributed by atoms with Crippen molar-refractivity contribution in [2.45, 2.75) is 6.92 Å². The van der Waals surface area contributed by atoms with Gasteiger partial charge in [0.1, 0.15) is 0 Å². The molecule has 0 amide bonds. The van der Waals surface area contributed by atoms with Crippen molar-refractivity contribution in [3.63, 3.8) is 0 Å². The number of aromatic nitrogens is 2. The molecule has 0 saturated heterocycles. The molecular weight excluding hydrogens is 1880 g/mol. The minimum Gasteiger partial charge on any atom is -0.265 e. The fourth-order valence-electron chi connectivity index (χ4n) is 0.739. The molecule has 0 aliphatic carbocycles. The zero-order valence-electron chi connectivity index (χ0n) is 33.1. The van der Waals surface area contributed by atoms with Gasteiger partial charge in [-0.15, -0.1) is 25.2 Å². The third-order valence-corrected chi connectivity index (χ3v) is 1.41. The first-order chi connectivity index (χ1) is 30.4. The van der Waals surface area contributed by atoms with Crippen molar-refractivity contribution in [3.8, 4) is 0 Å². The van der Waals surface area contributed by atoms with Gasteiger partial charge in [0.25, 0.3) is 0 Å². The maximum atomic E-state index is 10.4. The summed E-state index contributed by atoms with van der Waals surface area (Å²) in [6, 6.07) is 9.66. The number of hydrogen-bond acceptors (Lipinski definition) is 14. The Hall–Kier alpha value is 1.59. The quantitative estimate of drug-likeness (QED) is 0.0673. The molecule has 73 heavy (non-hydrogen) atoms. The Morgan fingerprint density at radius 2 is 0.411 bits per heavy atom. The molecule has 0 spiro atoms. The van der Waals surface area contributed by atoms with Crippen molar-refractivity contribution >= 4 is 169 Å². The SMILES string of the molecule is Cc1ccncc1.O=P(O)(O)F.O=P(O)(O)F.O=P(O)(O)F.O=P(O)(O)F.O=P(O)(O)F.O=P(O)(O)F.[O]=[Sb]([OH])([OH])[F].[O]=[Sb]([OH])([OH])[F].[O]=[Sb]([OH])([OH])[F].[O]=[Sb]([OH])([OH])[F].[O]=[Sb]([OH])([OH])[F].[O]=[Sb]([OH])([OH])[F].c1ccncc1. The first kappa shape index (κ1) is 103. The minimum atomic E-state index is -5.85. The van der Waals surface area contributed by atoms with Gasteiger partial charge in [-0.1, -0.05) is 6.07 Å². The molecule has 0 atom stereocenters. The zero-order valence-corrected chi connectivity index (χ0v) is 53.8. The third-order valence-electron chi connectivity index (χ3n) is 1.41. The molecule has 24 N–H and O–H groups in total. The smallest absolute Gasteiger partial charge is 0.0267 e. The Labute approximate surface area is 428 Å². The van der Waals surface area contributed by atoms with E-state index in [9.17, 15) is 42.1 Å². The molecule has 2 aromatic heterocycles. The zero-order chi connectivity index (χ0) is 63.4. The fourth-order valence-corrected chi connectivity index (χ4v) is 0.739. The van der Waals surface area contributed by atoms with E-state index in [1.54, 1.807) is 24.8 Å². The summed E-state index contributed by atoms with van der Waals surface area (Å²) in [5.41, 5.74) is 1.26. The van der Waals surface area contributed by atoms with E-state index < -0.39 is 169 Å². The van der Waals surface area contributed by atoms with Crippen LogP contribution in [0.2, 0.25) is 0 Å². The fraction of sp³-hybridized carbons (Fsp3) is 0.0909. The molecule has 2 rings (SSSR count).